The first kappa shape index (κ1) is 11.5. The highest BCUT2D eigenvalue weighted by atomic mass is 35.5. The van der Waals surface area contributed by atoms with Crippen molar-refractivity contribution >= 4 is 11.6 Å². The van der Waals surface area contributed by atoms with E-state index in [-0.39, 0.29) is 36.1 Å². The Balaban J connectivity index is 1.76. The summed E-state index contributed by atoms with van der Waals surface area (Å²) in [6, 6.07) is 5.53. The van der Waals surface area contributed by atoms with Crippen molar-refractivity contribution < 1.29 is 9.60 Å². The molecule has 1 fully saturated rings. The molecular weight excluding hydrogens is 340 g/mol. The molecule has 2 aromatic carbocycles. The van der Waals surface area contributed by atoms with Gasteiger partial charge in [-0.05, 0) is 63.0 Å². The molecule has 0 aromatic heterocycles. The first-order valence-electron chi connectivity index (χ1n) is 12.6. The zero-order valence-corrected chi connectivity index (χ0v) is 16.2. The Kier molecular flexibility index (Phi) is 2.95. The fourth-order valence-electron chi connectivity index (χ4n) is 4.34. The van der Waals surface area contributed by atoms with Gasteiger partial charge in [0.05, 0.1) is 5.48 Å². The van der Waals surface area contributed by atoms with Gasteiger partial charge in [0, 0.05) is 46.3 Å². The van der Waals surface area contributed by atoms with Crippen molar-refractivity contribution in [1.82, 2.24) is 9.80 Å². The van der Waals surface area contributed by atoms with Crippen molar-refractivity contribution in [2.75, 3.05) is 26.6 Å². The standard InChI is InChI=1S/C23H29ClN2/c1-16-6-5-7-17(12-16)20-14-22(21-13-18(24)8-9-19(20)21)26-11-10-25(4)23(2,3)15-26/h5-9,12-13,20,22H,10-11,14-15H2,1-4H3/t20-,22+/m0/s1/i4D3,5D,6D,7D,12D. The van der Waals surface area contributed by atoms with Crippen LogP contribution in [0.4, 0.5) is 0 Å². The third-order valence-corrected chi connectivity index (χ3v) is 5.97. The van der Waals surface area contributed by atoms with Crippen LogP contribution in [0.5, 0.6) is 0 Å². The van der Waals surface area contributed by atoms with Crippen molar-refractivity contribution in [1.29, 1.82) is 0 Å². The Morgan fingerprint density at radius 2 is 2.08 bits per heavy atom. The highest BCUT2D eigenvalue weighted by Crippen LogP contribution is 2.48. The summed E-state index contributed by atoms with van der Waals surface area (Å²) in [5.74, 6) is -0.255. The minimum absolute atomic E-state index is 0.0364. The monoisotopic (exact) mass is 375 g/mol. The summed E-state index contributed by atoms with van der Waals surface area (Å²) in [4.78, 5) is 3.87. The van der Waals surface area contributed by atoms with E-state index in [2.05, 4.69) is 4.90 Å². The average Bonchev–Trinajstić information content (AvgIpc) is 3.07. The van der Waals surface area contributed by atoms with E-state index in [1.165, 1.54) is 0 Å². The number of hydrogen-bond donors (Lipinski definition) is 0. The molecule has 3 heteroatoms. The molecular formula is C23H29ClN2. The Labute approximate surface area is 172 Å². The van der Waals surface area contributed by atoms with E-state index in [1.807, 2.05) is 32.0 Å². The molecule has 2 nitrogen and oxygen atoms in total. The van der Waals surface area contributed by atoms with Crippen LogP contribution in [0.2, 0.25) is 5.02 Å². The number of nitrogens with zero attached hydrogens (tertiary/aromatic N) is 2. The van der Waals surface area contributed by atoms with E-state index in [0.717, 1.165) is 11.1 Å². The molecule has 2 atom stereocenters. The van der Waals surface area contributed by atoms with Gasteiger partial charge >= 0.3 is 0 Å². The van der Waals surface area contributed by atoms with Crippen LogP contribution in [0.25, 0.3) is 0 Å². The summed E-state index contributed by atoms with van der Waals surface area (Å²) >= 11 is 6.36. The predicted octanol–water partition coefficient (Wildman–Crippen LogP) is 5.25. The fourth-order valence-corrected chi connectivity index (χ4v) is 4.52. The van der Waals surface area contributed by atoms with Crippen LogP contribution < -0.4 is 0 Å². The van der Waals surface area contributed by atoms with Gasteiger partial charge in [0.15, 0.2) is 0 Å². The summed E-state index contributed by atoms with van der Waals surface area (Å²) < 4.78 is 57.2. The smallest absolute Gasteiger partial charge is 0.0629 e. The van der Waals surface area contributed by atoms with E-state index in [1.54, 1.807) is 11.8 Å². The second-order valence-electron chi connectivity index (χ2n) is 8.05. The molecule has 2 aromatic rings. The van der Waals surface area contributed by atoms with E-state index < -0.39 is 12.5 Å². The van der Waals surface area contributed by atoms with E-state index in [4.69, 9.17) is 21.2 Å². The van der Waals surface area contributed by atoms with Crippen molar-refractivity contribution in [2.24, 2.45) is 0 Å². The molecule has 2 aliphatic rings. The largest absolute Gasteiger partial charge is 0.299 e. The van der Waals surface area contributed by atoms with E-state index in [9.17, 15) is 0 Å². The highest BCUT2D eigenvalue weighted by Gasteiger charge is 2.40. The summed E-state index contributed by atoms with van der Waals surface area (Å²) in [5, 5.41) is 0.607. The lowest BCUT2D eigenvalue weighted by Crippen LogP contribution is -2.58. The average molecular weight is 376 g/mol. The number of piperazine rings is 1. The van der Waals surface area contributed by atoms with Crippen molar-refractivity contribution in [3.05, 3.63) is 69.6 Å². The lowest BCUT2D eigenvalue weighted by atomic mass is 9.92. The zero-order valence-electron chi connectivity index (χ0n) is 22.5. The van der Waals surface area contributed by atoms with Crippen LogP contribution in [0, 0.1) is 6.92 Å². The SMILES string of the molecule is [2H]c1c([2H])c(C)c([2H])c([C@@H]2C[C@@H](N3CCN(C([2H])([2H])[2H])C(C)(C)C3)c3cc(Cl)ccc32)c1[2H]. The van der Waals surface area contributed by atoms with Gasteiger partial charge in [-0.3, -0.25) is 9.80 Å². The molecule has 1 aliphatic carbocycles. The molecule has 0 saturated carbocycles. The number of fused-ring (bicyclic) bond motifs is 1. The third kappa shape index (κ3) is 3.19. The van der Waals surface area contributed by atoms with E-state index >= 15 is 0 Å². The topological polar surface area (TPSA) is 6.48 Å². The quantitative estimate of drug-likeness (QED) is 0.707. The summed E-state index contributed by atoms with van der Waals surface area (Å²) in [6.45, 7) is 4.96. The van der Waals surface area contributed by atoms with Crippen LogP contribution in [-0.4, -0.2) is 41.9 Å². The second-order valence-corrected chi connectivity index (χ2v) is 8.49. The zero-order chi connectivity index (χ0) is 24.5. The molecule has 138 valence electrons. The Hall–Kier alpha value is -1.35. The maximum absolute atomic E-state index is 8.66. The van der Waals surface area contributed by atoms with Gasteiger partial charge in [-0.2, -0.15) is 0 Å². The predicted molar refractivity (Wildman–Crippen MR) is 110 cm³/mol. The molecule has 0 radical (unpaired) electrons. The fraction of sp³-hybridized carbons (Fsp3) is 0.478. The molecule has 1 aliphatic heterocycles. The molecule has 0 bridgehead atoms. The Morgan fingerprint density at radius 1 is 1.23 bits per heavy atom. The van der Waals surface area contributed by atoms with Crippen molar-refractivity contribution in [3.8, 4) is 0 Å². The minimum atomic E-state index is -2.16. The number of rotatable bonds is 2. The molecule has 0 spiro atoms. The number of likely N-dealkylation sites (N-methyl/N-ethyl adjacent to an activating group) is 1. The molecule has 0 unspecified atom stereocenters. The van der Waals surface area contributed by atoms with Crippen LogP contribution in [-0.2, 0) is 0 Å². The Bertz CT molecular complexity index is 1070. The van der Waals surface area contributed by atoms with Gasteiger partial charge in [-0.25, -0.2) is 0 Å². The van der Waals surface area contributed by atoms with E-state index in [0.29, 0.717) is 42.2 Å². The third-order valence-electron chi connectivity index (χ3n) is 5.73. The summed E-state index contributed by atoms with van der Waals surface area (Å²) in [6.07, 6.45) is 0.619. The second kappa shape index (κ2) is 6.67. The van der Waals surface area contributed by atoms with Gasteiger partial charge in [0.1, 0.15) is 0 Å². The summed E-state index contributed by atoms with van der Waals surface area (Å²) in [7, 11) is 0. The maximum Gasteiger partial charge on any atom is 0.0629 e. The molecule has 0 amide bonds. The Morgan fingerprint density at radius 3 is 2.85 bits per heavy atom. The molecule has 1 heterocycles. The van der Waals surface area contributed by atoms with Crippen LogP contribution in [0.15, 0.2) is 42.4 Å². The first-order valence-corrected chi connectivity index (χ1v) is 9.50. The lowest BCUT2D eigenvalue weighted by Gasteiger charge is -2.47. The molecule has 4 rings (SSSR count). The van der Waals surface area contributed by atoms with Gasteiger partial charge in [0.25, 0.3) is 0 Å². The van der Waals surface area contributed by atoms with Crippen LogP contribution in [0.1, 0.15) is 64.1 Å². The lowest BCUT2D eigenvalue weighted by molar-refractivity contribution is 0.0158. The number of halogens is 1. The molecule has 1 saturated heterocycles. The maximum atomic E-state index is 8.66. The van der Waals surface area contributed by atoms with Crippen molar-refractivity contribution in [2.45, 2.75) is 44.7 Å². The highest BCUT2D eigenvalue weighted by molar-refractivity contribution is 6.30. The number of hydrogen-bond acceptors (Lipinski definition) is 2. The van der Waals surface area contributed by atoms with Crippen LogP contribution in [0.3, 0.4) is 0 Å². The number of benzene rings is 2. The molecule has 26 heavy (non-hydrogen) atoms. The first-order chi connectivity index (χ1) is 15.2. The summed E-state index contributed by atoms with van der Waals surface area (Å²) in [5.41, 5.74) is 2.36. The normalized spacial score (nSPS) is 30.4. The van der Waals surface area contributed by atoms with Crippen LogP contribution >= 0.6 is 11.6 Å². The van der Waals surface area contributed by atoms with Crippen molar-refractivity contribution in [3.63, 3.8) is 0 Å². The van der Waals surface area contributed by atoms with Gasteiger partial charge in [-0.15, -0.1) is 0 Å². The minimum Gasteiger partial charge on any atom is -0.299 e. The van der Waals surface area contributed by atoms with Gasteiger partial charge in [-0.1, -0.05) is 47.4 Å². The van der Waals surface area contributed by atoms with Gasteiger partial charge in [0.2, 0.25) is 0 Å². The van der Waals surface area contributed by atoms with Gasteiger partial charge < -0.3 is 0 Å². The molecule has 0 N–H and O–H groups in total.